The van der Waals surface area contributed by atoms with Crippen molar-refractivity contribution in [2.24, 2.45) is 7.05 Å². The van der Waals surface area contributed by atoms with Crippen LogP contribution < -0.4 is 10.1 Å². The molecule has 2 aromatic rings. The van der Waals surface area contributed by atoms with Crippen LogP contribution in [0.4, 0.5) is 0 Å². The van der Waals surface area contributed by atoms with Crippen molar-refractivity contribution in [2.75, 3.05) is 7.11 Å². The molecular weight excluding hydrogens is 334 g/mol. The molecule has 0 saturated heterocycles. The number of benzene rings is 1. The Balaban J connectivity index is 2.09. The van der Waals surface area contributed by atoms with Crippen LogP contribution in [-0.4, -0.2) is 22.0 Å². The van der Waals surface area contributed by atoms with Gasteiger partial charge in [-0.05, 0) is 47.5 Å². The molecular formula is C15H20BrN3O2. The molecule has 6 heteroatoms. The highest BCUT2D eigenvalue weighted by atomic mass is 79.9. The molecule has 0 amide bonds. The van der Waals surface area contributed by atoms with Crippen molar-refractivity contribution in [3.05, 3.63) is 39.6 Å². The first kappa shape index (κ1) is 15.9. The topological polar surface area (TPSA) is 59.3 Å². The molecule has 2 rings (SSSR count). The van der Waals surface area contributed by atoms with Crippen LogP contribution in [-0.2, 0) is 13.6 Å². The first-order chi connectivity index (χ1) is 9.93. The fraction of sp³-hybridized carbons (Fsp3) is 0.400. The first-order valence-corrected chi connectivity index (χ1v) is 7.50. The number of phenolic OH excluding ortho intramolecular Hbond substituents is 1. The van der Waals surface area contributed by atoms with E-state index in [1.807, 2.05) is 30.1 Å². The molecule has 1 aromatic carbocycles. The van der Waals surface area contributed by atoms with Crippen LogP contribution in [0.5, 0.6) is 11.5 Å². The van der Waals surface area contributed by atoms with Crippen LogP contribution in [0.3, 0.4) is 0 Å². The minimum Gasteiger partial charge on any atom is -0.503 e. The molecule has 0 bridgehead atoms. The zero-order chi connectivity index (χ0) is 15.6. The molecule has 1 atom stereocenters. The quantitative estimate of drug-likeness (QED) is 0.867. The lowest BCUT2D eigenvalue weighted by atomic mass is 10.1. The summed E-state index contributed by atoms with van der Waals surface area (Å²) in [4.78, 5) is 0. The van der Waals surface area contributed by atoms with E-state index < -0.39 is 0 Å². The van der Waals surface area contributed by atoms with Gasteiger partial charge in [-0.25, -0.2) is 0 Å². The van der Waals surface area contributed by atoms with Crippen LogP contribution in [0.15, 0.2) is 22.8 Å². The first-order valence-electron chi connectivity index (χ1n) is 6.71. The number of halogens is 1. The summed E-state index contributed by atoms with van der Waals surface area (Å²) in [5.41, 5.74) is 3.37. The number of nitrogens with one attached hydrogen (secondary N) is 1. The maximum absolute atomic E-state index is 9.81. The van der Waals surface area contributed by atoms with Gasteiger partial charge in [-0.3, -0.25) is 4.68 Å². The van der Waals surface area contributed by atoms with Crippen molar-refractivity contribution in [3.8, 4) is 11.5 Å². The number of phenols is 1. The Hall–Kier alpha value is -1.53. The molecule has 0 aliphatic rings. The molecule has 5 nitrogen and oxygen atoms in total. The van der Waals surface area contributed by atoms with Gasteiger partial charge in [-0.15, -0.1) is 0 Å². The number of rotatable bonds is 5. The van der Waals surface area contributed by atoms with E-state index in [-0.39, 0.29) is 11.8 Å². The second-order valence-electron chi connectivity index (χ2n) is 5.04. The summed E-state index contributed by atoms with van der Waals surface area (Å²) in [7, 11) is 3.48. The second kappa shape index (κ2) is 6.49. The monoisotopic (exact) mass is 353 g/mol. The number of aryl methyl sites for hydroxylation is 1. The molecule has 0 spiro atoms. The summed E-state index contributed by atoms with van der Waals surface area (Å²) in [5, 5.41) is 17.5. The van der Waals surface area contributed by atoms with E-state index in [2.05, 4.69) is 40.2 Å². The van der Waals surface area contributed by atoms with Crippen molar-refractivity contribution in [2.45, 2.75) is 26.4 Å². The Morgan fingerprint density at radius 2 is 2.19 bits per heavy atom. The predicted octanol–water partition coefficient (Wildman–Crippen LogP) is 3.06. The van der Waals surface area contributed by atoms with Crippen LogP contribution in [0.2, 0.25) is 0 Å². The van der Waals surface area contributed by atoms with Gasteiger partial charge >= 0.3 is 0 Å². The van der Waals surface area contributed by atoms with Gasteiger partial charge in [0.1, 0.15) is 0 Å². The van der Waals surface area contributed by atoms with Gasteiger partial charge in [0, 0.05) is 30.9 Å². The van der Waals surface area contributed by atoms with Crippen LogP contribution >= 0.6 is 15.9 Å². The zero-order valence-corrected chi connectivity index (χ0v) is 14.2. The van der Waals surface area contributed by atoms with Gasteiger partial charge in [0.25, 0.3) is 0 Å². The Morgan fingerprint density at radius 3 is 2.76 bits per heavy atom. The molecule has 0 fully saturated rings. The minimum absolute atomic E-state index is 0.123. The molecule has 1 heterocycles. The van der Waals surface area contributed by atoms with E-state index in [9.17, 15) is 5.11 Å². The lowest BCUT2D eigenvalue weighted by Crippen LogP contribution is -2.18. The standard InChI is InChI=1S/C15H20BrN3O2/c1-9(12-8-18-19(3)10(12)2)17-7-11-5-13(16)15(20)14(6-11)21-4/h5-6,8-9,17,20H,7H2,1-4H3. The third-order valence-electron chi connectivity index (χ3n) is 3.66. The van der Waals surface area contributed by atoms with Crippen molar-refractivity contribution in [1.29, 1.82) is 0 Å². The molecule has 21 heavy (non-hydrogen) atoms. The van der Waals surface area contributed by atoms with Gasteiger partial charge in [-0.2, -0.15) is 5.10 Å². The number of methoxy groups -OCH3 is 1. The highest BCUT2D eigenvalue weighted by molar-refractivity contribution is 9.10. The van der Waals surface area contributed by atoms with Crippen molar-refractivity contribution in [3.63, 3.8) is 0 Å². The summed E-state index contributed by atoms with van der Waals surface area (Å²) < 4.78 is 7.66. The van der Waals surface area contributed by atoms with E-state index in [0.717, 1.165) is 11.3 Å². The molecule has 0 radical (unpaired) electrons. The fourth-order valence-corrected chi connectivity index (χ4v) is 2.70. The van der Waals surface area contributed by atoms with E-state index in [0.29, 0.717) is 16.8 Å². The van der Waals surface area contributed by atoms with E-state index in [4.69, 9.17) is 4.74 Å². The second-order valence-corrected chi connectivity index (χ2v) is 5.89. The maximum Gasteiger partial charge on any atom is 0.172 e. The Morgan fingerprint density at radius 1 is 1.48 bits per heavy atom. The van der Waals surface area contributed by atoms with Crippen LogP contribution in [0.25, 0.3) is 0 Å². The summed E-state index contributed by atoms with van der Waals surface area (Å²) >= 11 is 3.33. The third kappa shape index (κ3) is 3.39. The summed E-state index contributed by atoms with van der Waals surface area (Å²) in [5.74, 6) is 0.587. The number of hydrogen-bond acceptors (Lipinski definition) is 4. The van der Waals surface area contributed by atoms with Crippen molar-refractivity contribution in [1.82, 2.24) is 15.1 Å². The highest BCUT2D eigenvalue weighted by Crippen LogP contribution is 2.35. The molecule has 114 valence electrons. The Bertz CT molecular complexity index is 640. The van der Waals surface area contributed by atoms with Crippen LogP contribution in [0, 0.1) is 6.92 Å². The average Bonchev–Trinajstić information content (AvgIpc) is 2.80. The molecule has 0 aliphatic carbocycles. The van der Waals surface area contributed by atoms with Crippen molar-refractivity contribution < 1.29 is 9.84 Å². The smallest absolute Gasteiger partial charge is 0.172 e. The zero-order valence-electron chi connectivity index (χ0n) is 12.6. The van der Waals surface area contributed by atoms with Crippen molar-refractivity contribution >= 4 is 15.9 Å². The lowest BCUT2D eigenvalue weighted by Gasteiger charge is -2.15. The average molecular weight is 354 g/mol. The predicted molar refractivity (Wildman–Crippen MR) is 85.6 cm³/mol. The summed E-state index contributed by atoms with van der Waals surface area (Å²) in [6, 6.07) is 3.90. The molecule has 1 unspecified atom stereocenters. The van der Waals surface area contributed by atoms with Gasteiger partial charge < -0.3 is 15.2 Å². The molecule has 0 saturated carbocycles. The van der Waals surface area contributed by atoms with Gasteiger partial charge in [-0.1, -0.05) is 0 Å². The number of ether oxygens (including phenoxy) is 1. The number of aromatic nitrogens is 2. The lowest BCUT2D eigenvalue weighted by molar-refractivity contribution is 0.371. The number of hydrogen-bond donors (Lipinski definition) is 2. The summed E-state index contributed by atoms with van der Waals surface area (Å²) in [6.45, 7) is 4.84. The molecule has 1 aromatic heterocycles. The Labute approximate surface area is 133 Å². The minimum atomic E-state index is 0.123. The van der Waals surface area contributed by atoms with Gasteiger partial charge in [0.05, 0.1) is 17.8 Å². The number of nitrogens with zero attached hydrogens (tertiary/aromatic N) is 2. The highest BCUT2D eigenvalue weighted by Gasteiger charge is 2.13. The van der Waals surface area contributed by atoms with E-state index >= 15 is 0 Å². The maximum atomic E-state index is 9.81. The number of aromatic hydroxyl groups is 1. The SMILES string of the molecule is COc1cc(CNC(C)c2cnn(C)c2C)cc(Br)c1O. The van der Waals surface area contributed by atoms with E-state index in [1.165, 1.54) is 5.56 Å². The van der Waals surface area contributed by atoms with E-state index in [1.54, 1.807) is 7.11 Å². The summed E-state index contributed by atoms with van der Waals surface area (Å²) in [6.07, 6.45) is 1.89. The fourth-order valence-electron chi connectivity index (χ4n) is 2.21. The van der Waals surface area contributed by atoms with Gasteiger partial charge in [0.15, 0.2) is 11.5 Å². The van der Waals surface area contributed by atoms with Crippen LogP contribution in [0.1, 0.15) is 29.8 Å². The van der Waals surface area contributed by atoms with Gasteiger partial charge in [0.2, 0.25) is 0 Å². The molecule has 0 aliphatic heterocycles. The normalized spacial score (nSPS) is 12.4. The Kier molecular flexibility index (Phi) is 4.90. The largest absolute Gasteiger partial charge is 0.503 e. The third-order valence-corrected chi connectivity index (χ3v) is 4.26. The molecule has 2 N–H and O–H groups in total.